The summed E-state index contributed by atoms with van der Waals surface area (Å²) < 4.78 is 5.25. The van der Waals surface area contributed by atoms with E-state index in [2.05, 4.69) is 33.9 Å². The largest absolute Gasteiger partial charge is 0.469 e. The maximum absolute atomic E-state index is 13.4. The number of hydrogen-bond donors (Lipinski definition) is 2. The molecule has 0 bridgehead atoms. The maximum atomic E-state index is 13.4. The summed E-state index contributed by atoms with van der Waals surface area (Å²) in [7, 11) is 1.43. The number of rotatable bonds is 13. The van der Waals surface area contributed by atoms with Gasteiger partial charge in [-0.3, -0.25) is 14.6 Å². The lowest BCUT2D eigenvalue weighted by Crippen LogP contribution is -2.44. The number of carbonyl (C=O) groups excluding carboxylic acids is 2. The van der Waals surface area contributed by atoms with Crippen LogP contribution in [0.1, 0.15) is 54.4 Å². The Kier molecular flexibility index (Phi) is 10.9. The zero-order valence-electron chi connectivity index (χ0n) is 24.0. The third-order valence-electron chi connectivity index (χ3n) is 8.18. The Hall–Kier alpha value is -4.13. The number of amides is 1. The summed E-state index contributed by atoms with van der Waals surface area (Å²) in [5, 5.41) is 3.20. The topological polar surface area (TPSA) is 97.5 Å². The number of nitrogens with zero attached hydrogens (tertiary/aromatic N) is 2. The lowest BCUT2D eigenvalue weighted by atomic mass is 9.86. The summed E-state index contributed by atoms with van der Waals surface area (Å²) in [6, 6.07) is 21.2. The van der Waals surface area contributed by atoms with Crippen LogP contribution >= 0.6 is 0 Å². The molecule has 7 nitrogen and oxygen atoms in total. The van der Waals surface area contributed by atoms with Gasteiger partial charge in [0.2, 0.25) is 0 Å². The molecule has 1 aliphatic rings. The molecule has 41 heavy (non-hydrogen) atoms. The molecule has 0 saturated carbocycles. The number of aromatic nitrogens is 1. The molecule has 0 aliphatic carbocycles. The average Bonchev–Trinajstić information content (AvgIpc) is 3.02. The van der Waals surface area contributed by atoms with Crippen molar-refractivity contribution in [3.8, 4) is 11.1 Å². The highest BCUT2D eigenvalue weighted by atomic mass is 16.5. The van der Waals surface area contributed by atoms with E-state index < -0.39 is 5.92 Å². The van der Waals surface area contributed by atoms with Crippen LogP contribution in [-0.2, 0) is 16.0 Å². The molecule has 7 heteroatoms. The quantitative estimate of drug-likeness (QED) is 0.268. The normalized spacial score (nSPS) is 15.1. The fraction of sp³-hybridized carbons (Fsp3) is 0.382. The van der Waals surface area contributed by atoms with E-state index >= 15 is 0 Å². The zero-order chi connectivity index (χ0) is 29.0. The van der Waals surface area contributed by atoms with Gasteiger partial charge in [0.1, 0.15) is 0 Å². The molecule has 3 aromatic rings. The van der Waals surface area contributed by atoms with Gasteiger partial charge in [-0.25, -0.2) is 0 Å². The van der Waals surface area contributed by atoms with Crippen LogP contribution in [0, 0.1) is 11.8 Å². The van der Waals surface area contributed by atoms with Crippen LogP contribution in [0.25, 0.3) is 11.1 Å². The Bertz CT molecular complexity index is 1260. The number of pyridine rings is 1. The highest BCUT2D eigenvalue weighted by Crippen LogP contribution is 2.27. The molecule has 2 atom stereocenters. The van der Waals surface area contributed by atoms with Gasteiger partial charge < -0.3 is 20.7 Å². The fourth-order valence-electron chi connectivity index (χ4n) is 5.71. The summed E-state index contributed by atoms with van der Waals surface area (Å²) in [4.78, 5) is 32.8. The number of hydrogen-bond acceptors (Lipinski definition) is 6. The highest BCUT2D eigenvalue weighted by Gasteiger charge is 2.31. The average molecular weight is 555 g/mol. The lowest BCUT2D eigenvalue weighted by molar-refractivity contribution is -0.146. The van der Waals surface area contributed by atoms with Gasteiger partial charge in [0.05, 0.1) is 18.8 Å². The summed E-state index contributed by atoms with van der Waals surface area (Å²) in [5.41, 5.74) is 9.57. The van der Waals surface area contributed by atoms with Gasteiger partial charge >= 0.3 is 5.97 Å². The number of carbonyl (C=O) groups is 2. The van der Waals surface area contributed by atoms with Gasteiger partial charge in [-0.15, -0.1) is 0 Å². The Balaban J connectivity index is 1.44. The van der Waals surface area contributed by atoms with Crippen LogP contribution < -0.4 is 11.1 Å². The summed E-state index contributed by atoms with van der Waals surface area (Å²) in [6.45, 7) is 5.71. The first kappa shape index (κ1) is 29.8. The van der Waals surface area contributed by atoms with Crippen LogP contribution in [0.2, 0.25) is 0 Å². The SMILES string of the molecule is C=C(N)N1CCC(CCC[C@@H](C(=O)OC)[C@@H](CCc2ccccc2)NC(=O)c2ccc(-c3cccnc3)cc2)CC1. The molecule has 2 aromatic carbocycles. The van der Waals surface area contributed by atoms with Crippen molar-refractivity contribution in [1.82, 2.24) is 15.2 Å². The number of esters is 1. The van der Waals surface area contributed by atoms with Crippen molar-refractivity contribution >= 4 is 11.9 Å². The predicted molar refractivity (Wildman–Crippen MR) is 163 cm³/mol. The number of aryl methyl sites for hydroxylation is 1. The van der Waals surface area contributed by atoms with Gasteiger partial charge in [0, 0.05) is 37.1 Å². The number of benzene rings is 2. The van der Waals surface area contributed by atoms with Gasteiger partial charge in [0.15, 0.2) is 0 Å². The molecule has 0 unspecified atom stereocenters. The minimum atomic E-state index is -0.425. The molecule has 3 N–H and O–H groups in total. The third kappa shape index (κ3) is 8.68. The smallest absolute Gasteiger partial charge is 0.310 e. The van der Waals surface area contributed by atoms with Gasteiger partial charge in [-0.2, -0.15) is 0 Å². The lowest BCUT2D eigenvalue weighted by Gasteiger charge is -2.33. The molecule has 0 spiro atoms. The molecular weight excluding hydrogens is 512 g/mol. The number of ether oxygens (including phenoxy) is 1. The minimum Gasteiger partial charge on any atom is -0.469 e. The monoisotopic (exact) mass is 554 g/mol. The molecule has 1 aromatic heterocycles. The van der Waals surface area contributed by atoms with Crippen LogP contribution in [0.5, 0.6) is 0 Å². The first-order valence-electron chi connectivity index (χ1n) is 14.6. The fourth-order valence-corrected chi connectivity index (χ4v) is 5.71. The van der Waals surface area contributed by atoms with E-state index in [0.717, 1.165) is 56.3 Å². The van der Waals surface area contributed by atoms with Crippen molar-refractivity contribution < 1.29 is 14.3 Å². The second kappa shape index (κ2) is 15.0. The van der Waals surface area contributed by atoms with Crippen LogP contribution in [0.15, 0.2) is 91.5 Å². The number of nitrogens with two attached hydrogens (primary N) is 1. The van der Waals surface area contributed by atoms with Crippen molar-refractivity contribution in [3.05, 3.63) is 103 Å². The van der Waals surface area contributed by atoms with Crippen molar-refractivity contribution in [3.63, 3.8) is 0 Å². The number of likely N-dealkylation sites (tertiary alicyclic amines) is 1. The molecule has 1 amide bonds. The van der Waals surface area contributed by atoms with Crippen LogP contribution in [0.3, 0.4) is 0 Å². The molecule has 216 valence electrons. The van der Waals surface area contributed by atoms with E-state index in [9.17, 15) is 9.59 Å². The number of methoxy groups -OCH3 is 1. The first-order chi connectivity index (χ1) is 19.9. The van der Waals surface area contributed by atoms with Crippen molar-refractivity contribution in [1.29, 1.82) is 0 Å². The van der Waals surface area contributed by atoms with Crippen molar-refractivity contribution in [2.24, 2.45) is 17.6 Å². The van der Waals surface area contributed by atoms with Gasteiger partial charge in [0.25, 0.3) is 5.91 Å². The van der Waals surface area contributed by atoms with Crippen molar-refractivity contribution in [2.45, 2.75) is 51.0 Å². The van der Waals surface area contributed by atoms with E-state index in [1.54, 1.807) is 12.4 Å². The second-order valence-corrected chi connectivity index (χ2v) is 10.9. The molecule has 4 rings (SSSR count). The number of piperidine rings is 1. The highest BCUT2D eigenvalue weighted by molar-refractivity contribution is 5.95. The van der Waals surface area contributed by atoms with E-state index in [4.69, 9.17) is 10.5 Å². The number of nitrogens with one attached hydrogen (secondary N) is 1. The summed E-state index contributed by atoms with van der Waals surface area (Å²) >= 11 is 0. The predicted octanol–water partition coefficient (Wildman–Crippen LogP) is 5.58. The van der Waals surface area contributed by atoms with Gasteiger partial charge in [-0.05, 0) is 72.9 Å². The molecule has 2 heterocycles. The zero-order valence-corrected chi connectivity index (χ0v) is 24.0. The third-order valence-corrected chi connectivity index (χ3v) is 8.18. The molecule has 1 saturated heterocycles. The Morgan fingerprint density at radius 3 is 2.39 bits per heavy atom. The molecule has 0 radical (unpaired) electrons. The minimum absolute atomic E-state index is 0.191. The second-order valence-electron chi connectivity index (χ2n) is 10.9. The molecular formula is C34H42N4O3. The van der Waals surface area contributed by atoms with E-state index in [0.29, 0.717) is 30.1 Å². The standard InChI is InChI=1S/C34H42N4O3/c1-25(35)38-22-19-27(20-23-38)10-6-12-31(34(40)41-2)32(18-13-26-8-4-3-5-9-26)37-33(39)29-16-14-28(15-17-29)30-11-7-21-36-24-30/h3-5,7-9,11,14-17,21,24,27,31-32H,1,6,10,12-13,18-20,22-23,35H2,2H3,(H,37,39)/t31-,32-/m1/s1. The van der Waals surface area contributed by atoms with E-state index in [-0.39, 0.29) is 17.9 Å². The maximum Gasteiger partial charge on any atom is 0.310 e. The first-order valence-corrected chi connectivity index (χ1v) is 14.6. The molecule has 1 aliphatic heterocycles. The summed E-state index contributed by atoms with van der Waals surface area (Å²) in [5.74, 6) is 0.345. The Morgan fingerprint density at radius 1 is 1.02 bits per heavy atom. The van der Waals surface area contributed by atoms with E-state index in [1.165, 1.54) is 12.7 Å². The Labute approximate surface area is 243 Å². The summed E-state index contributed by atoms with van der Waals surface area (Å²) in [6.07, 6.45) is 9.66. The van der Waals surface area contributed by atoms with Gasteiger partial charge in [-0.1, -0.05) is 68.0 Å². The van der Waals surface area contributed by atoms with Crippen molar-refractivity contribution in [2.75, 3.05) is 20.2 Å². The van der Waals surface area contributed by atoms with Crippen LogP contribution in [0.4, 0.5) is 0 Å². The Morgan fingerprint density at radius 2 is 1.76 bits per heavy atom. The van der Waals surface area contributed by atoms with Crippen LogP contribution in [-0.4, -0.2) is 48.0 Å². The van der Waals surface area contributed by atoms with E-state index in [1.807, 2.05) is 54.6 Å². The molecule has 1 fully saturated rings.